The zero-order chi connectivity index (χ0) is 14.0. The third kappa shape index (κ3) is 9.03. The van der Waals surface area contributed by atoms with Crippen LogP contribution in [0.2, 0.25) is 0 Å². The zero-order valence-corrected chi connectivity index (χ0v) is 12.7. The van der Waals surface area contributed by atoms with Crippen LogP contribution in [-0.4, -0.2) is 23.9 Å². The minimum Gasteiger partial charge on any atom is -0.339 e. The molecule has 2 nitrogen and oxygen atoms in total. The fraction of sp³-hybridized carbons (Fsp3) is 0.688. The number of hydrogen-bond acceptors (Lipinski definition) is 1. The molecule has 0 atom stereocenters. The maximum absolute atomic E-state index is 11.5. The van der Waals surface area contributed by atoms with E-state index in [1.54, 1.807) is 6.92 Å². The smallest absolute Gasteiger partial charge is 0.219 e. The fourth-order valence-electron chi connectivity index (χ4n) is 1.82. The molecule has 0 aliphatic rings. The van der Waals surface area contributed by atoms with Gasteiger partial charge in [-0.25, -0.2) is 0 Å². The molecule has 0 aromatic carbocycles. The minimum absolute atomic E-state index is 0.169. The quantitative estimate of drug-likeness (QED) is 0.468. The van der Waals surface area contributed by atoms with Gasteiger partial charge >= 0.3 is 0 Å². The molecule has 0 aliphatic carbocycles. The van der Waals surface area contributed by atoms with Crippen LogP contribution in [-0.2, 0) is 4.79 Å². The van der Waals surface area contributed by atoms with Crippen molar-refractivity contribution < 1.29 is 4.79 Å². The van der Waals surface area contributed by atoms with Crippen LogP contribution >= 0.6 is 0 Å². The van der Waals surface area contributed by atoms with E-state index >= 15 is 0 Å². The third-order valence-corrected chi connectivity index (χ3v) is 2.70. The SMILES string of the molecule is CCC=CCCC=C(C)CN(CC(C)C)C(C)=O. The molecule has 0 aromatic heterocycles. The molecule has 0 aromatic rings. The number of nitrogens with zero attached hydrogens (tertiary/aromatic N) is 1. The van der Waals surface area contributed by atoms with E-state index in [9.17, 15) is 4.79 Å². The van der Waals surface area contributed by atoms with Crippen molar-refractivity contribution in [2.45, 2.75) is 53.9 Å². The normalized spacial score (nSPS) is 12.4. The second-order valence-electron chi connectivity index (χ2n) is 5.30. The van der Waals surface area contributed by atoms with E-state index in [1.165, 1.54) is 5.57 Å². The number of unbranched alkanes of at least 4 members (excludes halogenated alkanes) is 1. The van der Waals surface area contributed by atoms with Gasteiger partial charge in [0, 0.05) is 20.0 Å². The van der Waals surface area contributed by atoms with Crippen molar-refractivity contribution in [1.82, 2.24) is 4.90 Å². The van der Waals surface area contributed by atoms with Crippen molar-refractivity contribution in [2.75, 3.05) is 13.1 Å². The molecule has 0 unspecified atom stereocenters. The van der Waals surface area contributed by atoms with Gasteiger partial charge in [0.15, 0.2) is 0 Å². The van der Waals surface area contributed by atoms with Gasteiger partial charge in [-0.05, 0) is 32.1 Å². The second kappa shape index (κ2) is 9.93. The van der Waals surface area contributed by atoms with Crippen LogP contribution in [0.4, 0.5) is 0 Å². The van der Waals surface area contributed by atoms with E-state index in [2.05, 4.69) is 45.9 Å². The molecule has 0 rings (SSSR count). The second-order valence-corrected chi connectivity index (χ2v) is 5.30. The van der Waals surface area contributed by atoms with Gasteiger partial charge in [-0.15, -0.1) is 0 Å². The van der Waals surface area contributed by atoms with E-state index in [4.69, 9.17) is 0 Å². The largest absolute Gasteiger partial charge is 0.339 e. The first kappa shape index (κ1) is 16.9. The molecule has 0 N–H and O–H groups in total. The monoisotopic (exact) mass is 251 g/mol. The van der Waals surface area contributed by atoms with E-state index < -0.39 is 0 Å². The predicted molar refractivity (Wildman–Crippen MR) is 79.5 cm³/mol. The van der Waals surface area contributed by atoms with E-state index in [-0.39, 0.29) is 5.91 Å². The first-order valence-electron chi connectivity index (χ1n) is 7.03. The molecule has 0 heterocycles. The number of carbonyl (C=O) groups excluding carboxylic acids is 1. The van der Waals surface area contributed by atoms with E-state index in [1.807, 2.05) is 4.90 Å². The first-order valence-corrected chi connectivity index (χ1v) is 7.03. The van der Waals surface area contributed by atoms with Gasteiger partial charge in [-0.2, -0.15) is 0 Å². The number of rotatable bonds is 8. The Hall–Kier alpha value is -1.05. The number of carbonyl (C=O) groups is 1. The number of amides is 1. The zero-order valence-electron chi connectivity index (χ0n) is 12.7. The molecular weight excluding hydrogens is 222 g/mol. The molecule has 18 heavy (non-hydrogen) atoms. The molecule has 104 valence electrons. The maximum atomic E-state index is 11.5. The lowest BCUT2D eigenvalue weighted by atomic mass is 10.1. The highest BCUT2D eigenvalue weighted by Gasteiger charge is 2.10. The summed E-state index contributed by atoms with van der Waals surface area (Å²) >= 11 is 0. The van der Waals surface area contributed by atoms with Crippen LogP contribution in [0, 0.1) is 5.92 Å². The van der Waals surface area contributed by atoms with E-state index in [0.717, 1.165) is 32.4 Å². The molecule has 0 radical (unpaired) electrons. The molecule has 0 bridgehead atoms. The highest BCUT2D eigenvalue weighted by molar-refractivity contribution is 5.73. The molecular formula is C16H29NO. The maximum Gasteiger partial charge on any atom is 0.219 e. The predicted octanol–water partition coefficient (Wildman–Crippen LogP) is 4.18. The average molecular weight is 251 g/mol. The van der Waals surface area contributed by atoms with Crippen molar-refractivity contribution in [3.8, 4) is 0 Å². The lowest BCUT2D eigenvalue weighted by Crippen LogP contribution is -2.33. The molecule has 0 saturated carbocycles. The van der Waals surface area contributed by atoms with E-state index in [0.29, 0.717) is 5.92 Å². The van der Waals surface area contributed by atoms with Gasteiger partial charge in [0.2, 0.25) is 5.91 Å². The summed E-state index contributed by atoms with van der Waals surface area (Å²) in [6, 6.07) is 0. The molecule has 0 saturated heterocycles. The van der Waals surface area contributed by atoms with Crippen molar-refractivity contribution in [1.29, 1.82) is 0 Å². The summed E-state index contributed by atoms with van der Waals surface area (Å²) in [7, 11) is 0. The first-order chi connectivity index (χ1) is 8.47. The lowest BCUT2D eigenvalue weighted by molar-refractivity contribution is -0.128. The van der Waals surface area contributed by atoms with Crippen molar-refractivity contribution >= 4 is 5.91 Å². The summed E-state index contributed by atoms with van der Waals surface area (Å²) in [5, 5.41) is 0. The van der Waals surface area contributed by atoms with Gasteiger partial charge < -0.3 is 4.90 Å². The Morgan fingerprint density at radius 3 is 2.33 bits per heavy atom. The number of allylic oxidation sites excluding steroid dienone is 3. The Morgan fingerprint density at radius 2 is 1.83 bits per heavy atom. The Balaban J connectivity index is 4.15. The van der Waals surface area contributed by atoms with Crippen LogP contribution in [0.5, 0.6) is 0 Å². The summed E-state index contributed by atoms with van der Waals surface area (Å²) < 4.78 is 0. The third-order valence-electron chi connectivity index (χ3n) is 2.70. The van der Waals surface area contributed by atoms with Gasteiger partial charge in [0.25, 0.3) is 0 Å². The summed E-state index contributed by atoms with van der Waals surface area (Å²) in [6.07, 6.45) is 9.93. The lowest BCUT2D eigenvalue weighted by Gasteiger charge is -2.23. The molecule has 1 amide bonds. The van der Waals surface area contributed by atoms with Crippen molar-refractivity contribution in [3.63, 3.8) is 0 Å². The van der Waals surface area contributed by atoms with Crippen LogP contribution in [0.1, 0.15) is 53.9 Å². The standard InChI is InChI=1S/C16H29NO/c1-6-7-8-9-10-11-15(4)13-17(16(5)18)12-14(2)3/h7-8,11,14H,6,9-10,12-13H2,1-5H3. The molecule has 0 spiro atoms. The summed E-state index contributed by atoms with van der Waals surface area (Å²) in [6.45, 7) is 11.8. The van der Waals surface area contributed by atoms with Gasteiger partial charge in [-0.1, -0.05) is 44.6 Å². The topological polar surface area (TPSA) is 20.3 Å². The van der Waals surface area contributed by atoms with Crippen LogP contribution < -0.4 is 0 Å². The summed E-state index contributed by atoms with van der Waals surface area (Å²) in [4.78, 5) is 13.4. The number of hydrogen-bond donors (Lipinski definition) is 0. The average Bonchev–Trinajstić information content (AvgIpc) is 2.27. The highest BCUT2D eigenvalue weighted by Crippen LogP contribution is 2.06. The Labute approximate surface area is 113 Å². The fourth-order valence-corrected chi connectivity index (χ4v) is 1.82. The van der Waals surface area contributed by atoms with Gasteiger partial charge in [-0.3, -0.25) is 4.79 Å². The molecule has 2 heteroatoms. The van der Waals surface area contributed by atoms with Gasteiger partial charge in [0.1, 0.15) is 0 Å². The van der Waals surface area contributed by atoms with Crippen LogP contribution in [0.3, 0.4) is 0 Å². The van der Waals surface area contributed by atoms with Crippen molar-refractivity contribution in [2.24, 2.45) is 5.92 Å². The van der Waals surface area contributed by atoms with Crippen LogP contribution in [0.25, 0.3) is 0 Å². The highest BCUT2D eigenvalue weighted by atomic mass is 16.2. The minimum atomic E-state index is 0.169. The Morgan fingerprint density at radius 1 is 1.17 bits per heavy atom. The molecule has 0 aliphatic heterocycles. The Bertz CT molecular complexity index is 289. The summed E-state index contributed by atoms with van der Waals surface area (Å²) in [5.74, 6) is 0.691. The van der Waals surface area contributed by atoms with Crippen molar-refractivity contribution in [3.05, 3.63) is 23.8 Å². The Kier molecular flexibility index (Phi) is 9.35. The summed E-state index contributed by atoms with van der Waals surface area (Å²) in [5.41, 5.74) is 1.29. The van der Waals surface area contributed by atoms with Crippen LogP contribution in [0.15, 0.2) is 23.8 Å². The van der Waals surface area contributed by atoms with Gasteiger partial charge in [0.05, 0.1) is 0 Å². The molecule has 0 fully saturated rings.